The Kier molecular flexibility index (Phi) is 4.58. The lowest BCUT2D eigenvalue weighted by Crippen LogP contribution is -2.23. The van der Waals surface area contributed by atoms with Crippen molar-refractivity contribution in [1.29, 1.82) is 0 Å². The van der Waals surface area contributed by atoms with Gasteiger partial charge in [0, 0.05) is 12.6 Å². The van der Waals surface area contributed by atoms with Crippen LogP contribution in [0.2, 0.25) is 0 Å². The number of hydrogen-bond donors (Lipinski definition) is 1. The molecule has 0 radical (unpaired) electrons. The molecule has 0 unspecified atom stereocenters. The van der Waals surface area contributed by atoms with E-state index in [4.69, 9.17) is 0 Å². The molecule has 0 spiro atoms. The van der Waals surface area contributed by atoms with E-state index in [2.05, 4.69) is 15.3 Å². The summed E-state index contributed by atoms with van der Waals surface area (Å²) in [5.74, 6) is -0.548. The lowest BCUT2D eigenvalue weighted by Gasteiger charge is -2.09. The first-order chi connectivity index (χ1) is 9.77. The number of nitrogens with zero attached hydrogens (tertiary/aromatic N) is 2. The van der Waals surface area contributed by atoms with Crippen molar-refractivity contribution in [2.24, 2.45) is 0 Å². The van der Waals surface area contributed by atoms with Gasteiger partial charge in [0.05, 0.1) is 16.8 Å². The highest BCUT2D eigenvalue weighted by molar-refractivity contribution is 7.15. The number of nitrogens with one attached hydrogen (secondary N) is 1. The van der Waals surface area contributed by atoms with Crippen molar-refractivity contribution in [3.05, 3.63) is 34.7 Å². The van der Waals surface area contributed by atoms with Gasteiger partial charge in [-0.3, -0.25) is 4.98 Å². The van der Waals surface area contributed by atoms with Crippen LogP contribution in [0.15, 0.2) is 18.3 Å². The van der Waals surface area contributed by atoms with Gasteiger partial charge in [-0.1, -0.05) is 13.8 Å². The highest BCUT2D eigenvalue weighted by Crippen LogP contribution is 2.37. The average molecular weight is 319 g/mol. The van der Waals surface area contributed by atoms with Crippen LogP contribution in [0.1, 0.15) is 24.4 Å². The van der Waals surface area contributed by atoms with E-state index in [0.29, 0.717) is 0 Å². The number of pyridine rings is 1. The SMILES string of the molecule is CC(C)NCc1sc(-c2ccc(F)cn2)nc1C(F)(F)F. The minimum Gasteiger partial charge on any atom is -0.310 e. The van der Waals surface area contributed by atoms with Crippen LogP contribution >= 0.6 is 11.3 Å². The summed E-state index contributed by atoms with van der Waals surface area (Å²) in [6, 6.07) is 2.51. The number of rotatable bonds is 4. The molecule has 21 heavy (non-hydrogen) atoms. The smallest absolute Gasteiger partial charge is 0.310 e. The molecule has 1 N–H and O–H groups in total. The zero-order valence-corrected chi connectivity index (χ0v) is 12.1. The van der Waals surface area contributed by atoms with E-state index in [-0.39, 0.29) is 28.2 Å². The molecule has 2 aromatic heterocycles. The molecule has 0 amide bonds. The predicted molar refractivity (Wildman–Crippen MR) is 72.3 cm³/mol. The van der Waals surface area contributed by atoms with Gasteiger partial charge < -0.3 is 5.32 Å². The van der Waals surface area contributed by atoms with Crippen LogP contribution in [0.3, 0.4) is 0 Å². The molecule has 0 fully saturated rings. The highest BCUT2D eigenvalue weighted by Gasteiger charge is 2.37. The molecular weight excluding hydrogens is 306 g/mol. The summed E-state index contributed by atoms with van der Waals surface area (Å²) in [6.45, 7) is 3.76. The number of aromatic nitrogens is 2. The molecule has 0 bridgehead atoms. The van der Waals surface area contributed by atoms with E-state index >= 15 is 0 Å². The van der Waals surface area contributed by atoms with Crippen LogP contribution in [-0.2, 0) is 12.7 Å². The second-order valence-corrected chi connectivity index (χ2v) is 5.77. The molecule has 0 saturated heterocycles. The lowest BCUT2D eigenvalue weighted by atomic mass is 10.3. The van der Waals surface area contributed by atoms with Crippen LogP contribution in [0.4, 0.5) is 17.6 Å². The zero-order valence-electron chi connectivity index (χ0n) is 11.3. The summed E-state index contributed by atoms with van der Waals surface area (Å²) in [5.41, 5.74) is -0.690. The third-order valence-corrected chi connectivity index (χ3v) is 3.66. The fourth-order valence-corrected chi connectivity index (χ4v) is 2.61. The van der Waals surface area contributed by atoms with Crippen LogP contribution in [-0.4, -0.2) is 16.0 Å². The maximum atomic E-state index is 13.0. The summed E-state index contributed by atoms with van der Waals surface area (Å²) >= 11 is 0.909. The Hall–Kier alpha value is -1.54. The molecule has 0 aliphatic rings. The summed E-state index contributed by atoms with van der Waals surface area (Å²) in [4.78, 5) is 7.49. The molecule has 2 rings (SSSR count). The third-order valence-electron chi connectivity index (χ3n) is 2.58. The largest absolute Gasteiger partial charge is 0.434 e. The van der Waals surface area contributed by atoms with Crippen molar-refractivity contribution in [2.45, 2.75) is 32.6 Å². The Morgan fingerprint density at radius 3 is 2.52 bits per heavy atom. The van der Waals surface area contributed by atoms with Crippen molar-refractivity contribution in [3.8, 4) is 10.7 Å². The predicted octanol–water partition coefficient (Wildman–Crippen LogP) is 3.86. The Labute approximate surface area is 123 Å². The van der Waals surface area contributed by atoms with E-state index in [0.717, 1.165) is 23.6 Å². The Morgan fingerprint density at radius 2 is 2.00 bits per heavy atom. The number of alkyl halides is 3. The van der Waals surface area contributed by atoms with Crippen LogP contribution in [0.5, 0.6) is 0 Å². The minimum atomic E-state index is -4.53. The molecule has 0 saturated carbocycles. The molecule has 0 aromatic carbocycles. The van der Waals surface area contributed by atoms with E-state index < -0.39 is 17.7 Å². The molecule has 2 aromatic rings. The maximum absolute atomic E-state index is 13.0. The molecule has 0 aliphatic heterocycles. The molecule has 8 heteroatoms. The minimum absolute atomic E-state index is 0.0561. The molecule has 0 atom stereocenters. The molecule has 0 aliphatic carbocycles. The van der Waals surface area contributed by atoms with E-state index in [1.54, 1.807) is 0 Å². The Morgan fingerprint density at radius 1 is 1.29 bits per heavy atom. The number of hydrogen-bond acceptors (Lipinski definition) is 4. The van der Waals surface area contributed by atoms with Crippen LogP contribution in [0, 0.1) is 5.82 Å². The first-order valence-corrected chi connectivity index (χ1v) is 7.01. The zero-order chi connectivity index (χ0) is 15.6. The second-order valence-electron chi connectivity index (χ2n) is 4.69. The molecular formula is C13H13F4N3S. The third kappa shape index (κ3) is 3.98. The van der Waals surface area contributed by atoms with Gasteiger partial charge in [0.2, 0.25) is 0 Å². The summed E-state index contributed by atoms with van der Waals surface area (Å²) < 4.78 is 51.8. The van der Waals surface area contributed by atoms with Crippen molar-refractivity contribution in [2.75, 3.05) is 0 Å². The summed E-state index contributed by atoms with van der Waals surface area (Å²) in [5, 5.41) is 3.07. The monoisotopic (exact) mass is 319 g/mol. The first kappa shape index (κ1) is 15.8. The van der Waals surface area contributed by atoms with Gasteiger partial charge in [-0.25, -0.2) is 9.37 Å². The van der Waals surface area contributed by atoms with Gasteiger partial charge >= 0.3 is 6.18 Å². The molecule has 114 valence electrons. The van der Waals surface area contributed by atoms with Gasteiger partial charge in [-0.2, -0.15) is 13.2 Å². The van der Waals surface area contributed by atoms with Gasteiger partial charge in [-0.05, 0) is 12.1 Å². The topological polar surface area (TPSA) is 37.8 Å². The van der Waals surface area contributed by atoms with Gasteiger partial charge in [0.15, 0.2) is 5.69 Å². The van der Waals surface area contributed by atoms with E-state index in [1.165, 1.54) is 6.07 Å². The Bertz CT molecular complexity index is 605. The van der Waals surface area contributed by atoms with Gasteiger partial charge in [-0.15, -0.1) is 11.3 Å². The van der Waals surface area contributed by atoms with Crippen molar-refractivity contribution in [1.82, 2.24) is 15.3 Å². The van der Waals surface area contributed by atoms with Crippen molar-refractivity contribution < 1.29 is 17.6 Å². The number of thiazole rings is 1. The quantitative estimate of drug-likeness (QED) is 0.870. The molecule has 2 heterocycles. The first-order valence-electron chi connectivity index (χ1n) is 6.19. The van der Waals surface area contributed by atoms with Crippen molar-refractivity contribution in [3.63, 3.8) is 0 Å². The fourth-order valence-electron chi connectivity index (χ4n) is 1.60. The van der Waals surface area contributed by atoms with Crippen molar-refractivity contribution >= 4 is 11.3 Å². The second kappa shape index (κ2) is 6.07. The van der Waals surface area contributed by atoms with E-state index in [9.17, 15) is 17.6 Å². The summed E-state index contributed by atoms with van der Waals surface area (Å²) in [6.07, 6.45) is -3.57. The number of halogens is 4. The average Bonchev–Trinajstić information content (AvgIpc) is 2.81. The summed E-state index contributed by atoms with van der Waals surface area (Å²) in [7, 11) is 0. The van der Waals surface area contributed by atoms with Gasteiger partial charge in [0.1, 0.15) is 10.8 Å². The highest BCUT2D eigenvalue weighted by atomic mass is 32.1. The standard InChI is InChI=1S/C13H13F4N3S/c1-7(2)18-6-10-11(13(15,16)17)20-12(21-10)9-4-3-8(14)5-19-9/h3-5,7,18H,6H2,1-2H3. The van der Waals surface area contributed by atoms with Gasteiger partial charge in [0.25, 0.3) is 0 Å². The molecule has 3 nitrogen and oxygen atoms in total. The van der Waals surface area contributed by atoms with Crippen LogP contribution in [0.25, 0.3) is 10.7 Å². The lowest BCUT2D eigenvalue weighted by molar-refractivity contribution is -0.141. The Balaban J connectivity index is 2.37. The normalized spacial score (nSPS) is 12.1. The van der Waals surface area contributed by atoms with E-state index in [1.807, 2.05) is 13.8 Å². The van der Waals surface area contributed by atoms with Crippen LogP contribution < -0.4 is 5.32 Å². The maximum Gasteiger partial charge on any atom is 0.434 e. The fraction of sp³-hybridized carbons (Fsp3) is 0.385.